The summed E-state index contributed by atoms with van der Waals surface area (Å²) in [6.07, 6.45) is 1.11. The maximum absolute atomic E-state index is 14.2. The maximum atomic E-state index is 14.2. The van der Waals surface area contributed by atoms with E-state index in [1.54, 1.807) is 12.1 Å². The predicted molar refractivity (Wildman–Crippen MR) is 148 cm³/mol. The molecule has 208 valence electrons. The van der Waals surface area contributed by atoms with Gasteiger partial charge < -0.3 is 25.4 Å². The zero-order valence-corrected chi connectivity index (χ0v) is 23.3. The van der Waals surface area contributed by atoms with Crippen LogP contribution in [0.1, 0.15) is 44.2 Å². The van der Waals surface area contributed by atoms with E-state index < -0.39 is 41.5 Å². The number of nitrogens with zero attached hydrogens (tertiary/aromatic N) is 1. The fraction of sp³-hybridized carbons (Fsp3) is 0.500. The first-order valence-corrected chi connectivity index (χ1v) is 14.0. The van der Waals surface area contributed by atoms with Crippen LogP contribution in [-0.2, 0) is 25.7 Å². The number of hydrogen-bond donors (Lipinski definition) is 3. The summed E-state index contributed by atoms with van der Waals surface area (Å²) in [6.45, 7) is 5.90. The highest BCUT2D eigenvalue weighted by molar-refractivity contribution is 6.34. The Hall–Kier alpha value is -2.94. The van der Waals surface area contributed by atoms with Gasteiger partial charge in [-0.15, -0.1) is 0 Å². The Morgan fingerprint density at radius 3 is 2.56 bits per heavy atom. The van der Waals surface area contributed by atoms with Crippen molar-refractivity contribution in [1.29, 1.82) is 0 Å². The minimum atomic E-state index is -1.15. The molecule has 6 atom stereocenters. The van der Waals surface area contributed by atoms with Crippen LogP contribution in [0.2, 0.25) is 5.02 Å². The third-order valence-corrected chi connectivity index (χ3v) is 8.73. The normalized spacial score (nSPS) is 28.1. The number of carbonyl (C=O) groups is 3. The molecule has 0 aliphatic carbocycles. The van der Waals surface area contributed by atoms with Crippen LogP contribution in [0.25, 0.3) is 0 Å². The number of fused-ring (bicyclic) bond motifs is 1. The van der Waals surface area contributed by atoms with Gasteiger partial charge in [-0.05, 0) is 49.3 Å². The van der Waals surface area contributed by atoms with Gasteiger partial charge in [-0.2, -0.15) is 0 Å². The van der Waals surface area contributed by atoms with Crippen LogP contribution in [0.15, 0.2) is 48.5 Å². The highest BCUT2D eigenvalue weighted by atomic mass is 35.5. The number of aryl methyl sites for hydroxylation is 1. The van der Waals surface area contributed by atoms with Crippen molar-refractivity contribution in [3.63, 3.8) is 0 Å². The zero-order valence-electron chi connectivity index (χ0n) is 22.5. The minimum Gasteiger partial charge on any atom is -0.394 e. The van der Waals surface area contributed by atoms with E-state index >= 15 is 0 Å². The highest BCUT2D eigenvalue weighted by Crippen LogP contribution is 2.59. The molecular weight excluding hydrogens is 518 g/mol. The summed E-state index contributed by atoms with van der Waals surface area (Å²) in [7, 11) is 0. The smallest absolute Gasteiger partial charge is 0.250 e. The number of rotatable bonds is 9. The molecule has 5 rings (SSSR count). The molecule has 39 heavy (non-hydrogen) atoms. The van der Waals surface area contributed by atoms with Crippen LogP contribution >= 0.6 is 11.6 Å². The summed E-state index contributed by atoms with van der Waals surface area (Å²) in [6, 6.07) is 13.3. The number of benzene rings is 2. The minimum absolute atomic E-state index is 0.171. The highest BCUT2D eigenvalue weighted by Gasteiger charge is 2.75. The summed E-state index contributed by atoms with van der Waals surface area (Å²) in [5, 5.41) is 16.7. The standard InChI is InChI=1S/C30H36ClN3O5/c1-17(2)14-20(16-35)34-26(28(37)33-25-18(3)8-7-11-21(25)31)30-13-12-22(39-30)23(24(30)29(34)38)27(36)32-15-19-9-5-4-6-10-19/h4-11,17,20,22-24,26,35H,12-16H2,1-3H3,(H,32,36)(H,33,37)/t20-,22-,23+,24+,26?,30?/m1/s1. The summed E-state index contributed by atoms with van der Waals surface area (Å²) in [5.41, 5.74) is 1.07. The summed E-state index contributed by atoms with van der Waals surface area (Å²) in [4.78, 5) is 43.3. The molecule has 2 bridgehead atoms. The second-order valence-corrected chi connectivity index (χ2v) is 11.8. The Balaban J connectivity index is 1.49. The molecule has 3 N–H and O–H groups in total. The van der Waals surface area contributed by atoms with Crippen LogP contribution in [0, 0.1) is 24.7 Å². The van der Waals surface area contributed by atoms with Crippen molar-refractivity contribution in [3.05, 3.63) is 64.7 Å². The molecule has 3 aliphatic heterocycles. The van der Waals surface area contributed by atoms with Crippen molar-refractivity contribution in [2.75, 3.05) is 11.9 Å². The van der Waals surface area contributed by atoms with Crippen molar-refractivity contribution in [1.82, 2.24) is 10.2 Å². The number of likely N-dealkylation sites (tertiary alicyclic amines) is 1. The molecule has 2 unspecified atom stereocenters. The molecule has 2 aromatic carbocycles. The van der Waals surface area contributed by atoms with Crippen molar-refractivity contribution >= 4 is 35.0 Å². The number of para-hydroxylation sites is 1. The first kappa shape index (κ1) is 27.6. The second-order valence-electron chi connectivity index (χ2n) is 11.4. The lowest BCUT2D eigenvalue weighted by atomic mass is 9.70. The number of anilines is 1. The number of ether oxygens (including phenoxy) is 1. The largest absolute Gasteiger partial charge is 0.394 e. The number of aliphatic hydroxyl groups excluding tert-OH is 1. The zero-order chi connectivity index (χ0) is 27.9. The Morgan fingerprint density at radius 2 is 1.90 bits per heavy atom. The van der Waals surface area contributed by atoms with Crippen LogP contribution in [-0.4, -0.2) is 58.1 Å². The molecule has 3 aliphatic rings. The monoisotopic (exact) mass is 553 g/mol. The molecule has 3 saturated heterocycles. The van der Waals surface area contributed by atoms with E-state index in [1.165, 1.54) is 4.90 Å². The Kier molecular flexibility index (Phi) is 7.73. The van der Waals surface area contributed by atoms with Gasteiger partial charge in [0.15, 0.2) is 0 Å². The fourth-order valence-corrected chi connectivity index (χ4v) is 7.06. The quantitative estimate of drug-likeness (QED) is 0.439. The number of halogens is 1. The van der Waals surface area contributed by atoms with E-state index in [2.05, 4.69) is 10.6 Å². The summed E-state index contributed by atoms with van der Waals surface area (Å²) in [5.74, 6) is -2.34. The van der Waals surface area contributed by atoms with Gasteiger partial charge in [-0.1, -0.05) is 67.9 Å². The lowest BCUT2D eigenvalue weighted by molar-refractivity contribution is -0.144. The van der Waals surface area contributed by atoms with E-state index in [0.717, 1.165) is 11.1 Å². The second kappa shape index (κ2) is 10.9. The molecule has 0 saturated carbocycles. The van der Waals surface area contributed by atoms with Crippen molar-refractivity contribution < 1.29 is 24.2 Å². The van der Waals surface area contributed by atoms with Crippen LogP contribution in [0.3, 0.4) is 0 Å². The first-order chi connectivity index (χ1) is 18.7. The van der Waals surface area contributed by atoms with Gasteiger partial charge in [0.25, 0.3) is 0 Å². The molecule has 1 spiro atoms. The number of amides is 3. The van der Waals surface area contributed by atoms with Gasteiger partial charge in [-0.25, -0.2) is 0 Å². The summed E-state index contributed by atoms with van der Waals surface area (Å²) < 4.78 is 6.50. The molecule has 3 fully saturated rings. The molecule has 3 amide bonds. The van der Waals surface area contributed by atoms with Crippen molar-refractivity contribution in [2.45, 2.75) is 70.4 Å². The SMILES string of the molecule is Cc1cccc(Cl)c1NC(=O)C1N([C@@H](CO)CC(C)C)C(=O)[C@@H]2[C@@H](C(=O)NCc3ccccc3)[C@H]3CCC12O3. The van der Waals surface area contributed by atoms with E-state index in [9.17, 15) is 19.5 Å². The van der Waals surface area contributed by atoms with Crippen LogP contribution in [0.4, 0.5) is 5.69 Å². The van der Waals surface area contributed by atoms with Gasteiger partial charge >= 0.3 is 0 Å². The van der Waals surface area contributed by atoms with E-state index in [1.807, 2.05) is 57.2 Å². The molecular formula is C30H36ClN3O5. The number of hydrogen-bond acceptors (Lipinski definition) is 5. The fourth-order valence-electron chi connectivity index (χ4n) is 6.79. The molecule has 0 aromatic heterocycles. The predicted octanol–water partition coefficient (Wildman–Crippen LogP) is 3.68. The van der Waals surface area contributed by atoms with Gasteiger partial charge in [-0.3, -0.25) is 14.4 Å². The van der Waals surface area contributed by atoms with E-state index in [0.29, 0.717) is 36.5 Å². The Bertz CT molecular complexity index is 1230. The van der Waals surface area contributed by atoms with Gasteiger partial charge in [0.2, 0.25) is 17.7 Å². The third-order valence-electron chi connectivity index (χ3n) is 8.42. The maximum Gasteiger partial charge on any atom is 0.250 e. The average molecular weight is 554 g/mol. The van der Waals surface area contributed by atoms with E-state index in [-0.39, 0.29) is 24.3 Å². The molecule has 2 aromatic rings. The number of aliphatic hydroxyl groups is 1. The lowest BCUT2D eigenvalue weighted by Crippen LogP contribution is -2.56. The van der Waals surface area contributed by atoms with Crippen LogP contribution < -0.4 is 10.6 Å². The van der Waals surface area contributed by atoms with Crippen LogP contribution in [0.5, 0.6) is 0 Å². The average Bonchev–Trinajstić information content (AvgIpc) is 3.56. The molecule has 0 radical (unpaired) electrons. The lowest BCUT2D eigenvalue weighted by Gasteiger charge is -2.37. The first-order valence-electron chi connectivity index (χ1n) is 13.7. The van der Waals surface area contributed by atoms with E-state index in [4.69, 9.17) is 16.3 Å². The number of carbonyl (C=O) groups excluding carboxylic acids is 3. The van der Waals surface area contributed by atoms with Crippen molar-refractivity contribution in [2.24, 2.45) is 17.8 Å². The molecule has 9 heteroatoms. The van der Waals surface area contributed by atoms with Gasteiger partial charge in [0, 0.05) is 6.54 Å². The number of nitrogens with one attached hydrogen (secondary N) is 2. The van der Waals surface area contributed by atoms with Gasteiger partial charge in [0.05, 0.1) is 41.3 Å². The summed E-state index contributed by atoms with van der Waals surface area (Å²) >= 11 is 6.42. The molecule has 3 heterocycles. The molecule has 8 nitrogen and oxygen atoms in total. The Morgan fingerprint density at radius 1 is 1.15 bits per heavy atom. The Labute approximate surface area is 234 Å². The van der Waals surface area contributed by atoms with Crippen molar-refractivity contribution in [3.8, 4) is 0 Å². The van der Waals surface area contributed by atoms with Gasteiger partial charge in [0.1, 0.15) is 11.6 Å². The topological polar surface area (TPSA) is 108 Å². The third kappa shape index (κ3) is 4.83.